The molecule has 4 heterocycles. The van der Waals surface area contributed by atoms with Crippen molar-refractivity contribution in [2.24, 2.45) is 0 Å². The maximum absolute atomic E-state index is 11.1. The molecule has 67 heavy (non-hydrogen) atoms. The molecule has 0 bridgehead atoms. The SMILES string of the molecule is CC(C)(C)c1ccc2c(c1)c1cc(C(C)(C)C)ccc1n2-c1nc(-c2ccccc2)nc(-c2ccc(-n3c4ccccc4c4cc5c(cc43)c3ccccc3n5-c3ccccc3)c(C#N)c2)n1. The first-order valence-electron chi connectivity index (χ1n) is 22.9. The van der Waals surface area contributed by atoms with Crippen LogP contribution in [0, 0.1) is 11.3 Å². The van der Waals surface area contributed by atoms with Crippen LogP contribution in [0.25, 0.3) is 106 Å². The lowest BCUT2D eigenvalue weighted by Crippen LogP contribution is -2.10. The third-order valence-corrected chi connectivity index (χ3v) is 13.4. The van der Waals surface area contributed by atoms with Gasteiger partial charge in [-0.1, -0.05) is 139 Å². The van der Waals surface area contributed by atoms with Gasteiger partial charge in [-0.25, -0.2) is 4.98 Å². The van der Waals surface area contributed by atoms with Gasteiger partial charge < -0.3 is 9.13 Å². The van der Waals surface area contributed by atoms with Crippen LogP contribution in [-0.4, -0.2) is 28.7 Å². The predicted molar refractivity (Wildman–Crippen MR) is 276 cm³/mol. The van der Waals surface area contributed by atoms with Crippen LogP contribution in [0.2, 0.25) is 0 Å². The Kier molecular flexibility index (Phi) is 8.91. The van der Waals surface area contributed by atoms with Crippen LogP contribution in [0.5, 0.6) is 0 Å². The molecule has 0 atom stereocenters. The van der Waals surface area contributed by atoms with E-state index in [1.807, 2.05) is 48.5 Å². The third-order valence-electron chi connectivity index (χ3n) is 13.4. The topological polar surface area (TPSA) is 77.2 Å². The second-order valence-electron chi connectivity index (χ2n) is 19.7. The molecule has 0 fully saturated rings. The van der Waals surface area contributed by atoms with Crippen molar-refractivity contribution in [3.8, 4) is 46.2 Å². The first-order valence-corrected chi connectivity index (χ1v) is 22.9. The smallest absolute Gasteiger partial charge is 0.238 e. The number of aromatic nitrogens is 6. The largest absolute Gasteiger partial charge is 0.309 e. The zero-order valence-electron chi connectivity index (χ0n) is 38.4. The summed E-state index contributed by atoms with van der Waals surface area (Å²) in [5.41, 5.74) is 12.8. The van der Waals surface area contributed by atoms with Gasteiger partial charge in [-0.2, -0.15) is 15.2 Å². The van der Waals surface area contributed by atoms with Crippen LogP contribution in [0.15, 0.2) is 176 Å². The standard InChI is InChI=1S/C60H47N7/c1-59(2,3)40-26-29-52-45(32-40)46-33-41(60(4,5)6)27-30-53(46)67(52)58-63-56(37-17-9-7-10-18-37)62-57(64-58)38-25-28-49(39(31-38)36-61)66-51-24-16-14-22-44(51)48-34-54-47(35-55(48)66)43-21-13-15-23-50(43)65(54)42-19-11-8-12-20-42/h7-35H,1-6H3. The molecule has 12 rings (SSSR count). The molecule has 0 saturated heterocycles. The molecule has 322 valence electrons. The number of fused-ring (bicyclic) bond motifs is 9. The van der Waals surface area contributed by atoms with Gasteiger partial charge in [0.1, 0.15) is 6.07 Å². The summed E-state index contributed by atoms with van der Waals surface area (Å²) in [5.74, 6) is 1.55. The highest BCUT2D eigenvalue weighted by molar-refractivity contribution is 6.19. The molecule has 7 heteroatoms. The van der Waals surface area contributed by atoms with Gasteiger partial charge >= 0.3 is 0 Å². The van der Waals surface area contributed by atoms with E-state index in [2.05, 4.69) is 189 Å². The number of nitriles is 1. The molecule has 0 radical (unpaired) electrons. The molecule has 12 aromatic rings. The maximum Gasteiger partial charge on any atom is 0.238 e. The van der Waals surface area contributed by atoms with Crippen LogP contribution in [0.1, 0.15) is 58.2 Å². The number of para-hydroxylation sites is 3. The summed E-state index contributed by atoms with van der Waals surface area (Å²) in [5, 5.41) is 17.9. The third kappa shape index (κ3) is 6.43. The van der Waals surface area contributed by atoms with Crippen molar-refractivity contribution in [1.82, 2.24) is 28.7 Å². The molecule has 0 aliphatic rings. The van der Waals surface area contributed by atoms with Crippen molar-refractivity contribution < 1.29 is 0 Å². The fraction of sp³-hybridized carbons (Fsp3) is 0.133. The molecule has 0 spiro atoms. The Labute approximate surface area is 388 Å². The predicted octanol–water partition coefficient (Wildman–Crippen LogP) is 15.0. The summed E-state index contributed by atoms with van der Waals surface area (Å²) < 4.78 is 6.77. The van der Waals surface area contributed by atoms with Gasteiger partial charge in [0.25, 0.3) is 0 Å². The van der Waals surface area contributed by atoms with Crippen LogP contribution >= 0.6 is 0 Å². The summed E-state index contributed by atoms with van der Waals surface area (Å²) >= 11 is 0. The first kappa shape index (κ1) is 40.2. The van der Waals surface area contributed by atoms with E-state index in [0.717, 1.165) is 82.5 Å². The van der Waals surface area contributed by atoms with Crippen molar-refractivity contribution in [2.75, 3.05) is 0 Å². The lowest BCUT2D eigenvalue weighted by molar-refractivity contribution is 0.590. The van der Waals surface area contributed by atoms with E-state index >= 15 is 0 Å². The van der Waals surface area contributed by atoms with Crippen molar-refractivity contribution in [3.05, 3.63) is 193 Å². The number of hydrogen-bond donors (Lipinski definition) is 0. The van der Waals surface area contributed by atoms with Gasteiger partial charge in [-0.05, 0) is 101 Å². The molecule has 0 N–H and O–H groups in total. The number of rotatable bonds is 5. The lowest BCUT2D eigenvalue weighted by atomic mass is 9.85. The molecular weight excluding hydrogens is 819 g/mol. The zero-order chi connectivity index (χ0) is 45.8. The Balaban J connectivity index is 1.08. The fourth-order valence-electron chi connectivity index (χ4n) is 9.99. The number of benzene rings is 8. The molecule has 0 aliphatic carbocycles. The quantitative estimate of drug-likeness (QED) is 0.173. The van der Waals surface area contributed by atoms with E-state index in [4.69, 9.17) is 15.0 Å². The molecule has 0 saturated carbocycles. The van der Waals surface area contributed by atoms with E-state index < -0.39 is 0 Å². The maximum atomic E-state index is 11.1. The Bertz CT molecular complexity index is 3930. The Morgan fingerprint density at radius 1 is 0.388 bits per heavy atom. The minimum atomic E-state index is -0.0378. The second-order valence-corrected chi connectivity index (χ2v) is 19.7. The Hall–Kier alpha value is -8.34. The van der Waals surface area contributed by atoms with E-state index in [1.165, 1.54) is 16.5 Å². The molecule has 8 aromatic carbocycles. The van der Waals surface area contributed by atoms with Gasteiger partial charge in [0.2, 0.25) is 5.95 Å². The average Bonchev–Trinajstić information content (AvgIpc) is 3.97. The van der Waals surface area contributed by atoms with Crippen molar-refractivity contribution in [2.45, 2.75) is 52.4 Å². The van der Waals surface area contributed by atoms with E-state index in [-0.39, 0.29) is 10.8 Å². The normalized spacial score (nSPS) is 12.3. The number of hydrogen-bond acceptors (Lipinski definition) is 4. The van der Waals surface area contributed by atoms with Gasteiger partial charge in [-0.3, -0.25) is 4.57 Å². The van der Waals surface area contributed by atoms with E-state index in [9.17, 15) is 5.26 Å². The highest BCUT2D eigenvalue weighted by atomic mass is 15.2. The Morgan fingerprint density at radius 3 is 1.43 bits per heavy atom. The number of nitrogens with zero attached hydrogens (tertiary/aromatic N) is 7. The van der Waals surface area contributed by atoms with Gasteiger partial charge in [0, 0.05) is 49.1 Å². The Morgan fingerprint density at radius 2 is 0.866 bits per heavy atom. The highest BCUT2D eigenvalue weighted by Gasteiger charge is 2.24. The highest BCUT2D eigenvalue weighted by Crippen LogP contribution is 2.42. The molecule has 0 unspecified atom stereocenters. The summed E-state index contributed by atoms with van der Waals surface area (Å²) in [6.45, 7) is 13.5. The first-order chi connectivity index (χ1) is 32.4. The van der Waals surface area contributed by atoms with Crippen LogP contribution in [0.4, 0.5) is 0 Å². The van der Waals surface area contributed by atoms with E-state index in [0.29, 0.717) is 23.2 Å². The van der Waals surface area contributed by atoms with Crippen molar-refractivity contribution >= 4 is 65.4 Å². The summed E-state index contributed by atoms with van der Waals surface area (Å²) in [7, 11) is 0. The van der Waals surface area contributed by atoms with Crippen LogP contribution in [-0.2, 0) is 10.8 Å². The van der Waals surface area contributed by atoms with Crippen LogP contribution < -0.4 is 0 Å². The molecule has 0 aliphatic heterocycles. The molecular formula is C60H47N7. The van der Waals surface area contributed by atoms with Crippen molar-refractivity contribution in [3.63, 3.8) is 0 Å². The minimum absolute atomic E-state index is 0.0378. The lowest BCUT2D eigenvalue weighted by Gasteiger charge is -2.19. The summed E-state index contributed by atoms with van der Waals surface area (Å²) in [6, 6.07) is 64.4. The fourth-order valence-corrected chi connectivity index (χ4v) is 9.99. The van der Waals surface area contributed by atoms with Gasteiger partial charge in [-0.15, -0.1) is 0 Å². The summed E-state index contributed by atoms with van der Waals surface area (Å²) in [6.07, 6.45) is 0. The zero-order valence-corrected chi connectivity index (χ0v) is 38.4. The average molecular weight is 866 g/mol. The van der Waals surface area contributed by atoms with Gasteiger partial charge in [0.05, 0.1) is 44.4 Å². The monoisotopic (exact) mass is 865 g/mol. The molecule has 0 amide bonds. The second kappa shape index (κ2) is 14.8. The van der Waals surface area contributed by atoms with Gasteiger partial charge in [0.15, 0.2) is 11.6 Å². The minimum Gasteiger partial charge on any atom is -0.309 e. The van der Waals surface area contributed by atoms with Crippen LogP contribution in [0.3, 0.4) is 0 Å². The molecule has 4 aromatic heterocycles. The van der Waals surface area contributed by atoms with E-state index in [1.54, 1.807) is 0 Å². The van der Waals surface area contributed by atoms with Crippen molar-refractivity contribution in [1.29, 1.82) is 5.26 Å². The summed E-state index contributed by atoms with van der Waals surface area (Å²) in [4.78, 5) is 15.7. The molecule has 7 nitrogen and oxygen atoms in total.